The highest BCUT2D eigenvalue weighted by atomic mass is 35.5. The molecule has 0 atom stereocenters. The van der Waals surface area contributed by atoms with Crippen LogP contribution in [0.5, 0.6) is 0 Å². The summed E-state index contributed by atoms with van der Waals surface area (Å²) in [4.78, 5) is 24.9. The summed E-state index contributed by atoms with van der Waals surface area (Å²) in [5.41, 5.74) is -0.156. The van der Waals surface area contributed by atoms with E-state index in [1.165, 1.54) is 4.90 Å². The molecule has 20 heavy (non-hydrogen) atoms. The quantitative estimate of drug-likeness (QED) is 0.909. The minimum absolute atomic E-state index is 0.319. The van der Waals surface area contributed by atoms with E-state index in [1.54, 1.807) is 16.8 Å². The maximum atomic E-state index is 12.6. The van der Waals surface area contributed by atoms with E-state index < -0.39 is 11.5 Å². The summed E-state index contributed by atoms with van der Waals surface area (Å²) < 4.78 is 1.77. The zero-order valence-electron chi connectivity index (χ0n) is 12.3. The first kappa shape index (κ1) is 16.6. The average Bonchev–Trinajstić information content (AvgIpc) is 2.65. The Kier molecular flexibility index (Phi) is 5.22. The number of amides is 1. The van der Waals surface area contributed by atoms with Crippen molar-refractivity contribution < 1.29 is 14.7 Å². The van der Waals surface area contributed by atoms with Gasteiger partial charge in [-0.05, 0) is 33.3 Å². The standard InChI is InChI=1S/C14H21ClN2O3/c1-5-6-16-8-10(15)7-11(16)13(20)17(9-12(18)19)14(2,3)4/h7-8H,5-6,9H2,1-4H3,(H,18,19). The Hall–Kier alpha value is -1.49. The molecule has 1 rings (SSSR count). The normalized spacial score (nSPS) is 11.4. The SMILES string of the molecule is CCCn1cc(Cl)cc1C(=O)N(CC(=O)O)C(C)(C)C. The number of carbonyl (C=O) groups is 2. The lowest BCUT2D eigenvalue weighted by molar-refractivity contribution is -0.138. The number of halogens is 1. The van der Waals surface area contributed by atoms with Gasteiger partial charge in [0.25, 0.3) is 5.91 Å². The van der Waals surface area contributed by atoms with Crippen molar-refractivity contribution in [3.05, 3.63) is 23.0 Å². The second kappa shape index (κ2) is 6.31. The van der Waals surface area contributed by atoms with Crippen molar-refractivity contribution in [1.29, 1.82) is 0 Å². The van der Waals surface area contributed by atoms with E-state index in [-0.39, 0.29) is 12.5 Å². The van der Waals surface area contributed by atoms with Crippen LogP contribution in [0.1, 0.15) is 44.6 Å². The van der Waals surface area contributed by atoms with Crippen molar-refractivity contribution in [3.63, 3.8) is 0 Å². The van der Waals surface area contributed by atoms with Crippen LogP contribution < -0.4 is 0 Å². The summed E-state index contributed by atoms with van der Waals surface area (Å²) in [5.74, 6) is -1.35. The molecule has 0 fully saturated rings. The molecule has 1 heterocycles. The first-order valence-electron chi connectivity index (χ1n) is 6.56. The Balaban J connectivity index is 3.15. The summed E-state index contributed by atoms with van der Waals surface area (Å²) in [7, 11) is 0. The minimum atomic E-state index is -1.03. The monoisotopic (exact) mass is 300 g/mol. The van der Waals surface area contributed by atoms with E-state index in [9.17, 15) is 9.59 Å². The highest BCUT2D eigenvalue weighted by Crippen LogP contribution is 2.21. The van der Waals surface area contributed by atoms with Crippen LogP contribution in [-0.2, 0) is 11.3 Å². The van der Waals surface area contributed by atoms with Crippen LogP contribution in [0.25, 0.3) is 0 Å². The molecule has 0 bridgehead atoms. The van der Waals surface area contributed by atoms with Crippen LogP contribution in [0.4, 0.5) is 0 Å². The third-order valence-corrected chi connectivity index (χ3v) is 3.10. The fourth-order valence-electron chi connectivity index (χ4n) is 1.97. The molecule has 1 amide bonds. The van der Waals surface area contributed by atoms with Crippen molar-refractivity contribution in [3.8, 4) is 0 Å². The highest BCUT2D eigenvalue weighted by molar-refractivity contribution is 6.31. The van der Waals surface area contributed by atoms with Gasteiger partial charge >= 0.3 is 5.97 Å². The first-order valence-corrected chi connectivity index (χ1v) is 6.94. The molecule has 0 aliphatic rings. The Labute approximate surface area is 124 Å². The molecular formula is C14H21ClN2O3. The molecule has 0 radical (unpaired) electrons. The Morgan fingerprint density at radius 2 is 2.00 bits per heavy atom. The largest absolute Gasteiger partial charge is 0.480 e. The second-order valence-electron chi connectivity index (χ2n) is 5.69. The molecular weight excluding hydrogens is 280 g/mol. The second-order valence-corrected chi connectivity index (χ2v) is 6.13. The topological polar surface area (TPSA) is 62.5 Å². The Bertz CT molecular complexity index is 503. The van der Waals surface area contributed by atoms with Crippen molar-refractivity contribution in [2.24, 2.45) is 0 Å². The molecule has 0 saturated heterocycles. The lowest BCUT2D eigenvalue weighted by Gasteiger charge is -2.34. The van der Waals surface area contributed by atoms with Gasteiger partial charge in [-0.25, -0.2) is 0 Å². The molecule has 5 nitrogen and oxygen atoms in total. The van der Waals surface area contributed by atoms with E-state index >= 15 is 0 Å². The maximum absolute atomic E-state index is 12.6. The Morgan fingerprint density at radius 3 is 2.45 bits per heavy atom. The van der Waals surface area contributed by atoms with Crippen LogP contribution in [0.2, 0.25) is 5.02 Å². The fraction of sp³-hybridized carbons (Fsp3) is 0.571. The van der Waals surface area contributed by atoms with Crippen LogP contribution >= 0.6 is 11.6 Å². The number of aliphatic carboxylic acids is 1. The number of aryl methyl sites for hydroxylation is 1. The van der Waals surface area contributed by atoms with Gasteiger partial charge in [0.2, 0.25) is 0 Å². The van der Waals surface area contributed by atoms with Crippen molar-refractivity contribution in [2.75, 3.05) is 6.54 Å². The molecule has 1 aromatic heterocycles. The lowest BCUT2D eigenvalue weighted by atomic mass is 10.1. The molecule has 6 heteroatoms. The Morgan fingerprint density at radius 1 is 1.40 bits per heavy atom. The summed E-state index contributed by atoms with van der Waals surface area (Å²) in [6.07, 6.45) is 2.56. The lowest BCUT2D eigenvalue weighted by Crippen LogP contribution is -2.48. The first-order chi connectivity index (χ1) is 9.16. The van der Waals surface area contributed by atoms with Gasteiger partial charge in [0.1, 0.15) is 12.2 Å². The zero-order valence-corrected chi connectivity index (χ0v) is 13.1. The number of carbonyl (C=O) groups excluding carboxylic acids is 1. The van der Waals surface area contributed by atoms with Crippen LogP contribution in [0.15, 0.2) is 12.3 Å². The number of carboxylic acid groups (broad SMARTS) is 1. The van der Waals surface area contributed by atoms with E-state index in [2.05, 4.69) is 0 Å². The van der Waals surface area contributed by atoms with Crippen LogP contribution in [0.3, 0.4) is 0 Å². The number of carboxylic acids is 1. The average molecular weight is 301 g/mol. The molecule has 0 aliphatic carbocycles. The molecule has 0 aromatic carbocycles. The molecule has 0 spiro atoms. The van der Waals surface area contributed by atoms with Crippen molar-refractivity contribution >= 4 is 23.5 Å². The molecule has 112 valence electrons. The molecule has 1 N–H and O–H groups in total. The summed E-state index contributed by atoms with van der Waals surface area (Å²) >= 11 is 5.96. The number of rotatable bonds is 5. The zero-order chi connectivity index (χ0) is 15.5. The van der Waals surface area contributed by atoms with E-state index in [0.717, 1.165) is 6.42 Å². The van der Waals surface area contributed by atoms with Crippen molar-refractivity contribution in [2.45, 2.75) is 46.2 Å². The summed E-state index contributed by atoms with van der Waals surface area (Å²) in [6.45, 7) is 7.75. The molecule has 0 aliphatic heterocycles. The molecule has 0 unspecified atom stereocenters. The van der Waals surface area contributed by atoms with E-state index in [0.29, 0.717) is 17.3 Å². The smallest absolute Gasteiger partial charge is 0.323 e. The summed E-state index contributed by atoms with van der Waals surface area (Å²) in [6, 6.07) is 1.58. The summed E-state index contributed by atoms with van der Waals surface area (Å²) in [5, 5.41) is 9.47. The third kappa shape index (κ3) is 4.00. The van der Waals surface area contributed by atoms with Gasteiger partial charge in [0.15, 0.2) is 0 Å². The fourth-order valence-corrected chi connectivity index (χ4v) is 2.19. The van der Waals surface area contributed by atoms with E-state index in [4.69, 9.17) is 16.7 Å². The van der Waals surface area contributed by atoms with Gasteiger partial charge < -0.3 is 14.6 Å². The number of aromatic nitrogens is 1. The van der Waals surface area contributed by atoms with Gasteiger partial charge in [0, 0.05) is 18.3 Å². The van der Waals surface area contributed by atoms with Gasteiger partial charge in [-0.3, -0.25) is 9.59 Å². The third-order valence-electron chi connectivity index (χ3n) is 2.90. The number of hydrogen-bond acceptors (Lipinski definition) is 2. The van der Waals surface area contributed by atoms with Gasteiger partial charge in [-0.15, -0.1) is 0 Å². The number of nitrogens with zero attached hydrogens (tertiary/aromatic N) is 2. The minimum Gasteiger partial charge on any atom is -0.480 e. The van der Waals surface area contributed by atoms with Crippen molar-refractivity contribution in [1.82, 2.24) is 9.47 Å². The van der Waals surface area contributed by atoms with Gasteiger partial charge in [-0.1, -0.05) is 18.5 Å². The van der Waals surface area contributed by atoms with Gasteiger partial charge in [-0.2, -0.15) is 0 Å². The number of hydrogen-bond donors (Lipinski definition) is 1. The van der Waals surface area contributed by atoms with E-state index in [1.807, 2.05) is 27.7 Å². The molecule has 1 aromatic rings. The highest BCUT2D eigenvalue weighted by Gasteiger charge is 2.30. The van der Waals surface area contributed by atoms with Crippen LogP contribution in [-0.4, -0.2) is 38.5 Å². The maximum Gasteiger partial charge on any atom is 0.323 e. The predicted octanol–water partition coefficient (Wildman–Crippen LogP) is 2.88. The van der Waals surface area contributed by atoms with Crippen LogP contribution in [0, 0.1) is 0 Å². The predicted molar refractivity (Wildman–Crippen MR) is 78.2 cm³/mol. The van der Waals surface area contributed by atoms with Gasteiger partial charge in [0.05, 0.1) is 5.02 Å². The molecule has 0 saturated carbocycles.